The molecule has 4 aromatic heterocycles. The molecule has 0 unspecified atom stereocenters. The quantitative estimate of drug-likeness (QED) is 0.0722. The summed E-state index contributed by atoms with van der Waals surface area (Å²) in [6, 6.07) is 3.04. The molecule has 0 aliphatic rings. The van der Waals surface area contributed by atoms with E-state index in [9.17, 15) is 9.36 Å². The van der Waals surface area contributed by atoms with Crippen LogP contribution >= 0.6 is 120 Å². The number of hydrogen-bond donors (Lipinski definition) is 1. The Bertz CT molecular complexity index is 1480. The summed E-state index contributed by atoms with van der Waals surface area (Å²) < 4.78 is 9.51. The fourth-order valence-corrected chi connectivity index (χ4v) is 4.21. The van der Waals surface area contributed by atoms with Crippen LogP contribution in [0.5, 0.6) is 0 Å². The van der Waals surface area contributed by atoms with E-state index in [0.717, 1.165) is 0 Å². The second kappa shape index (κ2) is 13.7. The molecule has 19 heteroatoms. The Labute approximate surface area is 245 Å². The van der Waals surface area contributed by atoms with Crippen LogP contribution in [0, 0.1) is 0 Å². The zero-order valence-corrected chi connectivity index (χ0v) is 25.6. The minimum Gasteiger partial charge on any atom is -0.301 e. The summed E-state index contributed by atoms with van der Waals surface area (Å²) in [5, 5.41) is -0.0625. The van der Waals surface area contributed by atoms with Gasteiger partial charge in [-0.2, -0.15) is 0 Å². The van der Waals surface area contributed by atoms with E-state index >= 15 is 0 Å². The van der Waals surface area contributed by atoms with Crippen molar-refractivity contribution in [3.63, 3.8) is 0 Å². The summed E-state index contributed by atoms with van der Waals surface area (Å²) in [4.78, 5) is 34.4. The highest BCUT2D eigenvalue weighted by Gasteiger charge is 2.11. The lowest BCUT2D eigenvalue weighted by Crippen LogP contribution is -2.09. The molecule has 0 atom stereocenters. The molecule has 0 bridgehead atoms. The third kappa shape index (κ3) is 9.69. The largest absolute Gasteiger partial charge is 0.339 e. The Balaban J connectivity index is 0.000000208. The molecule has 4 aromatic rings. The van der Waals surface area contributed by atoms with Crippen LogP contribution in [0.1, 0.15) is 0 Å². The van der Waals surface area contributed by atoms with Gasteiger partial charge in [-0.3, -0.25) is 9.36 Å². The first-order valence-electron chi connectivity index (χ1n) is 8.45. The van der Waals surface area contributed by atoms with Gasteiger partial charge in [0.05, 0.1) is 5.39 Å². The van der Waals surface area contributed by atoms with Crippen LogP contribution in [0.25, 0.3) is 21.8 Å². The third-order valence-electron chi connectivity index (χ3n) is 3.52. The molecule has 0 amide bonds. The maximum absolute atomic E-state index is 11.6. The maximum atomic E-state index is 11.6. The van der Waals surface area contributed by atoms with Gasteiger partial charge in [-0.15, -0.1) is 0 Å². The van der Waals surface area contributed by atoms with Crippen molar-refractivity contribution in [2.75, 3.05) is 12.5 Å². The van der Waals surface area contributed by atoms with E-state index in [4.69, 9.17) is 58.0 Å². The van der Waals surface area contributed by atoms with Crippen molar-refractivity contribution < 1.29 is 4.57 Å². The van der Waals surface area contributed by atoms with Crippen LogP contribution in [0.3, 0.4) is 0 Å². The lowest BCUT2D eigenvalue weighted by molar-refractivity contribution is 0.600. The van der Waals surface area contributed by atoms with Gasteiger partial charge in [-0.25, -0.2) is 24.9 Å². The number of hydrogen-bond acceptors (Lipinski definition) is 9. The summed E-state index contributed by atoms with van der Waals surface area (Å²) in [5.41, 5.74) is 0.620. The number of rotatable bonds is 2. The van der Waals surface area contributed by atoms with E-state index in [1.54, 1.807) is 12.3 Å². The van der Waals surface area contributed by atoms with Crippen LogP contribution in [0.15, 0.2) is 27.2 Å². The van der Waals surface area contributed by atoms with Gasteiger partial charge < -0.3 is 4.98 Å². The van der Waals surface area contributed by atoms with E-state index in [1.165, 1.54) is 29.6 Å². The number of H-pyrrole nitrogens is 1. The summed E-state index contributed by atoms with van der Waals surface area (Å²) in [7, 11) is 0. The molecular formula is C16H9Cl8N6O2PS2. The second-order valence-electron chi connectivity index (χ2n) is 5.74. The molecule has 0 aliphatic carbocycles. The summed E-state index contributed by atoms with van der Waals surface area (Å²) >= 11 is 45.7. The highest BCUT2D eigenvalue weighted by molar-refractivity contribution is 8.24. The first-order valence-corrected chi connectivity index (χ1v) is 17.2. The molecule has 0 aromatic carbocycles. The number of fused-ring (bicyclic) bond motifs is 2. The number of aromatic nitrogens is 6. The Hall–Kier alpha value is 0.0300. The van der Waals surface area contributed by atoms with Crippen molar-refractivity contribution in [2.24, 2.45) is 0 Å². The lowest BCUT2D eigenvalue weighted by atomic mass is 10.3. The average molecular weight is 696 g/mol. The molecule has 4 heterocycles. The summed E-state index contributed by atoms with van der Waals surface area (Å²) in [5.74, 6) is 0. The van der Waals surface area contributed by atoms with E-state index in [1.807, 2.05) is 6.26 Å². The smallest absolute Gasteiger partial charge is 0.301 e. The molecule has 4 rings (SSSR count). The average Bonchev–Trinajstić information content (AvgIpc) is 2.74. The number of nitrogens with one attached hydrogen (secondary N) is 1. The van der Waals surface area contributed by atoms with Gasteiger partial charge in [0.25, 0.3) is 5.56 Å². The molecule has 188 valence electrons. The van der Waals surface area contributed by atoms with Crippen LogP contribution in [-0.4, -0.2) is 42.4 Å². The Morgan fingerprint density at radius 2 is 1.23 bits per heavy atom. The predicted molar refractivity (Wildman–Crippen MR) is 151 cm³/mol. The normalized spacial score (nSPS) is 11.0. The van der Waals surface area contributed by atoms with E-state index in [2.05, 4.69) is 63.6 Å². The van der Waals surface area contributed by atoms with Crippen molar-refractivity contribution >= 4 is 142 Å². The molecule has 0 spiro atoms. The Morgan fingerprint density at radius 3 is 1.71 bits per heavy atom. The molecule has 0 fully saturated rings. The number of halogens is 8. The van der Waals surface area contributed by atoms with Gasteiger partial charge >= 0.3 is 5.20 Å². The van der Waals surface area contributed by atoms with Crippen molar-refractivity contribution in [1.82, 2.24) is 29.9 Å². The number of nitrogens with zero attached hydrogens (tertiary/aromatic N) is 5. The Kier molecular flexibility index (Phi) is 12.2. The summed E-state index contributed by atoms with van der Waals surface area (Å²) in [6.07, 6.45) is 3.66. The lowest BCUT2D eigenvalue weighted by Gasteiger charge is -2.03. The first-order chi connectivity index (χ1) is 16.2. The van der Waals surface area contributed by atoms with Crippen LogP contribution in [0.2, 0.25) is 25.8 Å². The van der Waals surface area contributed by atoms with Crippen LogP contribution in [0.4, 0.5) is 0 Å². The van der Waals surface area contributed by atoms with Gasteiger partial charge in [-0.1, -0.05) is 81.5 Å². The molecular weight excluding hydrogens is 687 g/mol. The standard InChI is InChI=1S/C8H4Cl3N3S.C8H5Cl2N3OS.Cl3OP/c1-15-8-13-5-3(6(10)14-8)2-4(9)12-7(5)11;1-15-8-12-5-3(7(14)13-8)2-4(9)11-6(5)10;1-5(2,3)4/h2H,1H3;2H,1H3,(H,12,13,14);. The molecule has 0 saturated heterocycles. The minimum atomic E-state index is -3.22. The SMILES string of the molecule is CSc1nc(Cl)c2cc(Cl)nc(Cl)c2n1.CSc1nc2c(Cl)nc(Cl)cc2c(=O)[nH]1.O=P(Cl)(Cl)Cl. The van der Waals surface area contributed by atoms with Crippen molar-refractivity contribution in [2.45, 2.75) is 10.3 Å². The van der Waals surface area contributed by atoms with E-state index in [0.29, 0.717) is 37.3 Å². The maximum Gasteiger partial charge on any atom is 0.339 e. The molecule has 0 radical (unpaired) electrons. The first kappa shape index (κ1) is 31.2. The van der Waals surface area contributed by atoms with Gasteiger partial charge in [0.2, 0.25) is 0 Å². The molecule has 0 aliphatic heterocycles. The monoisotopic (exact) mass is 692 g/mol. The Morgan fingerprint density at radius 1 is 0.743 bits per heavy atom. The zero-order valence-electron chi connectivity index (χ0n) is 17.0. The van der Waals surface area contributed by atoms with Gasteiger partial charge in [-0.05, 0) is 58.4 Å². The second-order valence-corrected chi connectivity index (χ2v) is 15.8. The van der Waals surface area contributed by atoms with Crippen molar-refractivity contribution in [3.8, 4) is 0 Å². The highest BCUT2D eigenvalue weighted by atomic mass is 36.0. The van der Waals surface area contributed by atoms with Crippen LogP contribution < -0.4 is 5.56 Å². The summed E-state index contributed by atoms with van der Waals surface area (Å²) in [6.45, 7) is 0. The predicted octanol–water partition coefficient (Wildman–Crippen LogP) is 8.86. The fraction of sp³-hybridized carbons (Fsp3) is 0.125. The molecule has 35 heavy (non-hydrogen) atoms. The van der Waals surface area contributed by atoms with Gasteiger partial charge in [0, 0.05) is 5.39 Å². The minimum absolute atomic E-state index is 0.138. The molecule has 0 saturated carbocycles. The van der Waals surface area contributed by atoms with Crippen molar-refractivity contribution in [3.05, 3.63) is 48.3 Å². The van der Waals surface area contributed by atoms with Gasteiger partial charge in [0.1, 0.15) is 26.5 Å². The number of aromatic amines is 1. The molecule has 1 N–H and O–H groups in total. The number of pyridine rings is 2. The number of thioether (sulfide) groups is 2. The topological polar surface area (TPSA) is 114 Å². The zero-order chi connectivity index (χ0) is 26.5. The highest BCUT2D eigenvalue weighted by Crippen LogP contribution is 2.61. The van der Waals surface area contributed by atoms with Gasteiger partial charge in [0.15, 0.2) is 20.6 Å². The van der Waals surface area contributed by atoms with E-state index < -0.39 is 5.20 Å². The van der Waals surface area contributed by atoms with E-state index in [-0.39, 0.29) is 26.2 Å². The van der Waals surface area contributed by atoms with Crippen molar-refractivity contribution in [1.29, 1.82) is 0 Å². The van der Waals surface area contributed by atoms with Crippen LogP contribution in [-0.2, 0) is 4.57 Å². The third-order valence-corrected chi connectivity index (χ3v) is 5.85. The molecule has 8 nitrogen and oxygen atoms in total. The fourth-order valence-electron chi connectivity index (χ4n) is 2.24.